The van der Waals surface area contributed by atoms with E-state index < -0.39 is 0 Å². The number of aliphatic imine (C=N–C) groups is 1. The molecule has 2 rings (SSSR count). The lowest BCUT2D eigenvalue weighted by atomic mass is 10.1. The molecule has 2 N–H and O–H groups in total. The summed E-state index contributed by atoms with van der Waals surface area (Å²) < 4.78 is 5.75. The van der Waals surface area contributed by atoms with E-state index in [0.717, 1.165) is 12.1 Å². The zero-order valence-corrected chi connectivity index (χ0v) is 16.2. The summed E-state index contributed by atoms with van der Waals surface area (Å²) in [5.41, 5.74) is 1.16. The summed E-state index contributed by atoms with van der Waals surface area (Å²) in [6.07, 6.45) is 1.58. The van der Waals surface area contributed by atoms with E-state index in [4.69, 9.17) is 4.74 Å². The van der Waals surface area contributed by atoms with Crippen LogP contribution in [0.25, 0.3) is 0 Å². The number of piperidine rings is 1. The van der Waals surface area contributed by atoms with Crippen molar-refractivity contribution in [3.63, 3.8) is 0 Å². The molecule has 1 heterocycles. The van der Waals surface area contributed by atoms with Crippen LogP contribution in [-0.4, -0.2) is 56.0 Å². The van der Waals surface area contributed by atoms with Gasteiger partial charge in [0.2, 0.25) is 11.8 Å². The molecule has 0 saturated carbocycles. The number of nitrogens with one attached hydrogen (secondary N) is 2. The Kier molecular flexibility index (Phi) is 8.77. The van der Waals surface area contributed by atoms with Crippen LogP contribution < -0.4 is 10.6 Å². The molecule has 0 spiro atoms. The van der Waals surface area contributed by atoms with E-state index in [0.29, 0.717) is 57.4 Å². The van der Waals surface area contributed by atoms with Crippen molar-refractivity contribution in [2.45, 2.75) is 32.8 Å². The third-order valence-electron chi connectivity index (χ3n) is 4.37. The Bertz CT molecular complexity index is 617. The van der Waals surface area contributed by atoms with Crippen molar-refractivity contribution < 1.29 is 14.3 Å². The number of nitrogens with zero attached hydrogens (tertiary/aromatic N) is 2. The van der Waals surface area contributed by atoms with Crippen LogP contribution in [-0.2, 0) is 20.9 Å². The molecular formula is C20H30N4O3. The molecule has 1 aliphatic rings. The molecule has 0 radical (unpaired) electrons. The van der Waals surface area contributed by atoms with Crippen molar-refractivity contribution in [2.24, 2.45) is 10.9 Å². The Hall–Kier alpha value is -2.41. The lowest BCUT2D eigenvalue weighted by Gasteiger charge is -2.25. The number of hydrogen-bond acceptors (Lipinski definition) is 4. The molecule has 7 heteroatoms. The van der Waals surface area contributed by atoms with Crippen LogP contribution in [0.2, 0.25) is 0 Å². The van der Waals surface area contributed by atoms with Gasteiger partial charge in [0.25, 0.3) is 0 Å². The summed E-state index contributed by atoms with van der Waals surface area (Å²) >= 11 is 0. The largest absolute Gasteiger partial charge is 0.376 e. The van der Waals surface area contributed by atoms with Crippen molar-refractivity contribution in [1.82, 2.24) is 15.5 Å². The summed E-state index contributed by atoms with van der Waals surface area (Å²) in [6, 6.07) is 10.1. The highest BCUT2D eigenvalue weighted by molar-refractivity contribution is 5.97. The first-order chi connectivity index (χ1) is 13.1. The van der Waals surface area contributed by atoms with E-state index >= 15 is 0 Å². The summed E-state index contributed by atoms with van der Waals surface area (Å²) in [7, 11) is 1.70. The molecule has 1 aliphatic heterocycles. The number of guanidine groups is 1. The average Bonchev–Trinajstić information content (AvgIpc) is 2.67. The standard InChI is InChI=1S/C20H30N4O3/c1-16(14-27-15-17-7-4-3-5-8-17)13-23-20(21-2)22-11-12-24-18(25)9-6-10-19(24)26/h3-5,7-8,16H,6,9-15H2,1-2H3,(H2,21,22,23). The highest BCUT2D eigenvalue weighted by atomic mass is 16.5. The van der Waals surface area contributed by atoms with Gasteiger partial charge in [-0.15, -0.1) is 0 Å². The first-order valence-electron chi connectivity index (χ1n) is 9.49. The number of benzene rings is 1. The minimum absolute atomic E-state index is 0.0832. The fourth-order valence-corrected chi connectivity index (χ4v) is 2.84. The quantitative estimate of drug-likeness (QED) is 0.389. The van der Waals surface area contributed by atoms with Crippen LogP contribution in [0.3, 0.4) is 0 Å². The normalized spacial score (nSPS) is 16.4. The summed E-state index contributed by atoms with van der Waals surface area (Å²) in [6.45, 7) is 4.93. The molecule has 1 aromatic rings. The highest BCUT2D eigenvalue weighted by Gasteiger charge is 2.25. The number of amides is 2. The van der Waals surface area contributed by atoms with E-state index in [9.17, 15) is 9.59 Å². The van der Waals surface area contributed by atoms with Gasteiger partial charge < -0.3 is 15.4 Å². The van der Waals surface area contributed by atoms with Crippen LogP contribution in [0.4, 0.5) is 0 Å². The molecule has 7 nitrogen and oxygen atoms in total. The van der Waals surface area contributed by atoms with Gasteiger partial charge in [-0.1, -0.05) is 37.3 Å². The number of hydrogen-bond donors (Lipinski definition) is 2. The molecule has 1 fully saturated rings. The number of rotatable bonds is 9. The van der Waals surface area contributed by atoms with E-state index in [1.807, 2.05) is 30.3 Å². The maximum atomic E-state index is 11.8. The summed E-state index contributed by atoms with van der Waals surface area (Å²) in [5, 5.41) is 6.40. The molecule has 1 aromatic carbocycles. The Morgan fingerprint density at radius 1 is 1.19 bits per heavy atom. The smallest absolute Gasteiger partial charge is 0.229 e. The Labute approximate surface area is 161 Å². The molecule has 0 bridgehead atoms. The molecule has 0 aromatic heterocycles. The first-order valence-corrected chi connectivity index (χ1v) is 9.49. The fraction of sp³-hybridized carbons (Fsp3) is 0.550. The van der Waals surface area contributed by atoms with Crippen LogP contribution in [0.15, 0.2) is 35.3 Å². The van der Waals surface area contributed by atoms with Crippen molar-refractivity contribution >= 4 is 17.8 Å². The second-order valence-electron chi connectivity index (χ2n) is 6.78. The monoisotopic (exact) mass is 374 g/mol. The number of carbonyl (C=O) groups excluding carboxylic acids is 2. The second kappa shape index (κ2) is 11.3. The van der Waals surface area contributed by atoms with Crippen molar-refractivity contribution in [3.05, 3.63) is 35.9 Å². The number of ether oxygens (including phenoxy) is 1. The molecule has 27 heavy (non-hydrogen) atoms. The maximum Gasteiger partial charge on any atom is 0.229 e. The molecule has 2 amide bonds. The van der Waals surface area contributed by atoms with Crippen LogP contribution in [0.5, 0.6) is 0 Å². The molecule has 1 unspecified atom stereocenters. The molecule has 148 valence electrons. The molecular weight excluding hydrogens is 344 g/mol. The van der Waals surface area contributed by atoms with Gasteiger partial charge in [0, 0.05) is 39.5 Å². The number of imide groups is 1. The summed E-state index contributed by atoms with van der Waals surface area (Å²) in [5.74, 6) is 0.805. The van der Waals surface area contributed by atoms with Gasteiger partial charge in [-0.3, -0.25) is 19.5 Å². The Balaban J connectivity index is 1.61. The maximum absolute atomic E-state index is 11.8. The number of likely N-dealkylation sites (tertiary alicyclic amines) is 1. The minimum Gasteiger partial charge on any atom is -0.376 e. The third kappa shape index (κ3) is 7.38. The predicted molar refractivity (Wildman–Crippen MR) is 105 cm³/mol. The van der Waals surface area contributed by atoms with Gasteiger partial charge in [0.1, 0.15) is 0 Å². The Morgan fingerprint density at radius 3 is 2.56 bits per heavy atom. The summed E-state index contributed by atoms with van der Waals surface area (Å²) in [4.78, 5) is 29.1. The lowest BCUT2D eigenvalue weighted by molar-refractivity contribution is -0.147. The predicted octanol–water partition coefficient (Wildman–Crippen LogP) is 1.54. The lowest BCUT2D eigenvalue weighted by Crippen LogP contribution is -2.47. The molecule has 1 atom stereocenters. The van der Waals surface area contributed by atoms with Gasteiger partial charge in [0.05, 0.1) is 13.2 Å². The van der Waals surface area contributed by atoms with Crippen molar-refractivity contribution in [3.8, 4) is 0 Å². The zero-order valence-electron chi connectivity index (χ0n) is 16.2. The topological polar surface area (TPSA) is 83.0 Å². The number of carbonyl (C=O) groups is 2. The van der Waals surface area contributed by atoms with Crippen molar-refractivity contribution in [1.29, 1.82) is 0 Å². The molecule has 1 saturated heterocycles. The van der Waals surface area contributed by atoms with E-state index in [1.54, 1.807) is 7.05 Å². The highest BCUT2D eigenvalue weighted by Crippen LogP contribution is 2.11. The average molecular weight is 374 g/mol. The zero-order chi connectivity index (χ0) is 19.5. The molecule has 0 aliphatic carbocycles. The SMILES string of the molecule is CN=C(NCCN1C(=O)CCCC1=O)NCC(C)COCc1ccccc1. The van der Waals surface area contributed by atoms with Gasteiger partial charge in [0.15, 0.2) is 5.96 Å². The first kappa shape index (κ1) is 20.9. The van der Waals surface area contributed by atoms with Crippen LogP contribution >= 0.6 is 0 Å². The van der Waals surface area contributed by atoms with Gasteiger partial charge in [-0.2, -0.15) is 0 Å². The second-order valence-corrected chi connectivity index (χ2v) is 6.78. The van der Waals surface area contributed by atoms with E-state index in [2.05, 4.69) is 22.5 Å². The van der Waals surface area contributed by atoms with Crippen molar-refractivity contribution in [2.75, 3.05) is 33.3 Å². The Morgan fingerprint density at radius 2 is 1.89 bits per heavy atom. The van der Waals surface area contributed by atoms with Gasteiger partial charge in [-0.25, -0.2) is 0 Å². The van der Waals surface area contributed by atoms with Gasteiger partial charge in [-0.05, 0) is 17.9 Å². The van der Waals surface area contributed by atoms with Crippen LogP contribution in [0, 0.1) is 5.92 Å². The van der Waals surface area contributed by atoms with Gasteiger partial charge >= 0.3 is 0 Å². The van der Waals surface area contributed by atoms with E-state index in [1.165, 1.54) is 4.90 Å². The minimum atomic E-state index is -0.0832. The fourth-order valence-electron chi connectivity index (χ4n) is 2.84. The van der Waals surface area contributed by atoms with E-state index in [-0.39, 0.29) is 11.8 Å². The van der Waals surface area contributed by atoms with Crippen LogP contribution in [0.1, 0.15) is 31.7 Å². The third-order valence-corrected chi connectivity index (χ3v) is 4.37.